The molecule has 2 rings (SSSR count). The highest BCUT2D eigenvalue weighted by molar-refractivity contribution is 8.03. The molecule has 0 spiro atoms. The minimum Gasteiger partial charge on any atom is -0.126 e. The number of thioether (sulfide) groups is 2. The average Bonchev–Trinajstić information content (AvgIpc) is 2.30. The van der Waals surface area contributed by atoms with E-state index in [1.54, 1.807) is 0 Å². The van der Waals surface area contributed by atoms with Gasteiger partial charge in [-0.25, -0.2) is 0 Å². The molecule has 0 aromatic heterocycles. The van der Waals surface area contributed by atoms with Gasteiger partial charge in [-0.05, 0) is 16.7 Å². The highest BCUT2D eigenvalue weighted by Gasteiger charge is 2.23. The summed E-state index contributed by atoms with van der Waals surface area (Å²) in [6, 6.07) is 0. The Labute approximate surface area is 94.2 Å². The van der Waals surface area contributed by atoms with Crippen LogP contribution in [0.2, 0.25) is 0 Å². The van der Waals surface area contributed by atoms with Crippen molar-refractivity contribution in [2.24, 2.45) is 5.92 Å². The lowest BCUT2D eigenvalue weighted by Crippen LogP contribution is -2.22. The molecule has 2 heteroatoms. The second-order valence-electron chi connectivity index (χ2n) is 3.49. The van der Waals surface area contributed by atoms with Crippen LogP contribution < -0.4 is 0 Å². The molecule has 0 amide bonds. The van der Waals surface area contributed by atoms with Crippen molar-refractivity contribution < 1.29 is 0 Å². The minimum atomic E-state index is 0.633. The van der Waals surface area contributed by atoms with Gasteiger partial charge in [0.15, 0.2) is 0 Å². The van der Waals surface area contributed by atoms with Gasteiger partial charge in [-0.15, -0.1) is 23.5 Å². The summed E-state index contributed by atoms with van der Waals surface area (Å²) in [7, 11) is 0. The standard InChI is InChI=1S/C12H14S2/c1-10(11-6-2-4-8-13-11)12-7-3-5-9-14-12/h2-12H,1H3. The highest BCUT2D eigenvalue weighted by Crippen LogP contribution is 2.34. The fourth-order valence-corrected chi connectivity index (χ4v) is 3.61. The average molecular weight is 222 g/mol. The topological polar surface area (TPSA) is 0 Å². The van der Waals surface area contributed by atoms with Crippen LogP contribution in [0, 0.1) is 5.92 Å². The molecular formula is C12H14S2. The van der Waals surface area contributed by atoms with E-state index >= 15 is 0 Å². The van der Waals surface area contributed by atoms with Crippen LogP contribution in [0.5, 0.6) is 0 Å². The van der Waals surface area contributed by atoms with Crippen LogP contribution in [-0.4, -0.2) is 10.5 Å². The lowest BCUT2D eigenvalue weighted by molar-refractivity contribution is 0.630. The molecule has 0 aromatic carbocycles. The minimum absolute atomic E-state index is 0.633. The van der Waals surface area contributed by atoms with Crippen molar-refractivity contribution in [2.75, 3.05) is 0 Å². The monoisotopic (exact) mass is 222 g/mol. The zero-order valence-electron chi connectivity index (χ0n) is 8.17. The summed E-state index contributed by atoms with van der Waals surface area (Å²) in [6.45, 7) is 2.34. The lowest BCUT2D eigenvalue weighted by atomic mass is 10.0. The number of rotatable bonds is 2. The molecule has 2 aliphatic rings. The van der Waals surface area contributed by atoms with Gasteiger partial charge in [-0.3, -0.25) is 0 Å². The Hall–Kier alpha value is -0.340. The Bertz CT molecular complexity index is 269. The van der Waals surface area contributed by atoms with Crippen LogP contribution in [0.1, 0.15) is 6.92 Å². The first-order chi connectivity index (χ1) is 6.88. The van der Waals surface area contributed by atoms with Gasteiger partial charge in [0.05, 0.1) is 0 Å². The van der Waals surface area contributed by atoms with Crippen LogP contribution in [0.4, 0.5) is 0 Å². The normalized spacial score (nSPS) is 32.1. The summed E-state index contributed by atoms with van der Waals surface area (Å²) in [5.74, 6) is 0.687. The molecule has 74 valence electrons. The summed E-state index contributed by atoms with van der Waals surface area (Å²) in [4.78, 5) is 0. The van der Waals surface area contributed by atoms with E-state index in [2.05, 4.69) is 54.2 Å². The summed E-state index contributed by atoms with van der Waals surface area (Å²) in [5.41, 5.74) is 0. The van der Waals surface area contributed by atoms with E-state index < -0.39 is 0 Å². The van der Waals surface area contributed by atoms with Crippen molar-refractivity contribution in [3.8, 4) is 0 Å². The SMILES string of the molecule is CC(C1C=CC=CS1)C1C=CC=CS1. The Kier molecular flexibility index (Phi) is 3.60. The first-order valence-corrected chi connectivity index (χ1v) is 6.74. The third-order valence-electron chi connectivity index (χ3n) is 2.49. The highest BCUT2D eigenvalue weighted by atomic mass is 32.2. The molecule has 2 unspecified atom stereocenters. The van der Waals surface area contributed by atoms with Gasteiger partial charge in [-0.1, -0.05) is 43.4 Å². The fraction of sp³-hybridized carbons (Fsp3) is 0.333. The quantitative estimate of drug-likeness (QED) is 0.693. The van der Waals surface area contributed by atoms with Gasteiger partial charge >= 0.3 is 0 Å². The lowest BCUT2D eigenvalue weighted by Gasteiger charge is -2.26. The molecule has 0 bridgehead atoms. The van der Waals surface area contributed by atoms with Gasteiger partial charge in [0, 0.05) is 10.5 Å². The van der Waals surface area contributed by atoms with Gasteiger partial charge in [0.2, 0.25) is 0 Å². The molecule has 2 atom stereocenters. The predicted octanol–water partition coefficient (Wildman–Crippen LogP) is 3.99. The van der Waals surface area contributed by atoms with E-state index in [-0.39, 0.29) is 0 Å². The molecule has 0 saturated heterocycles. The maximum atomic E-state index is 2.34. The molecule has 14 heavy (non-hydrogen) atoms. The van der Waals surface area contributed by atoms with Crippen molar-refractivity contribution >= 4 is 23.5 Å². The number of hydrogen-bond acceptors (Lipinski definition) is 2. The molecule has 0 aliphatic carbocycles. The van der Waals surface area contributed by atoms with E-state index in [9.17, 15) is 0 Å². The van der Waals surface area contributed by atoms with Crippen molar-refractivity contribution in [3.63, 3.8) is 0 Å². The van der Waals surface area contributed by atoms with Crippen molar-refractivity contribution in [2.45, 2.75) is 17.4 Å². The van der Waals surface area contributed by atoms with Crippen LogP contribution in [0.25, 0.3) is 0 Å². The Morgan fingerprint density at radius 3 is 1.71 bits per heavy atom. The Morgan fingerprint density at radius 1 is 0.857 bits per heavy atom. The molecule has 0 N–H and O–H groups in total. The fourth-order valence-electron chi connectivity index (χ4n) is 1.59. The van der Waals surface area contributed by atoms with E-state index in [4.69, 9.17) is 0 Å². The smallest absolute Gasteiger partial charge is 0.0310 e. The van der Waals surface area contributed by atoms with Crippen molar-refractivity contribution in [1.82, 2.24) is 0 Å². The van der Waals surface area contributed by atoms with Crippen LogP contribution >= 0.6 is 23.5 Å². The molecule has 0 nitrogen and oxygen atoms in total. The second kappa shape index (κ2) is 4.94. The Morgan fingerprint density at radius 2 is 1.36 bits per heavy atom. The van der Waals surface area contributed by atoms with Crippen molar-refractivity contribution in [3.05, 3.63) is 47.3 Å². The molecule has 2 aliphatic heterocycles. The largest absolute Gasteiger partial charge is 0.126 e. The maximum Gasteiger partial charge on any atom is 0.0310 e. The third-order valence-corrected chi connectivity index (χ3v) is 4.92. The summed E-state index contributed by atoms with van der Waals surface area (Å²) in [5, 5.41) is 5.64. The molecule has 0 saturated carbocycles. The van der Waals surface area contributed by atoms with E-state index in [0.717, 1.165) is 0 Å². The maximum absolute atomic E-state index is 2.34. The summed E-state index contributed by atoms with van der Waals surface area (Å²) >= 11 is 3.85. The third kappa shape index (κ3) is 2.37. The van der Waals surface area contributed by atoms with Gasteiger partial charge in [0.25, 0.3) is 0 Å². The summed E-state index contributed by atoms with van der Waals surface area (Å²) in [6.07, 6.45) is 13.1. The number of allylic oxidation sites excluding steroid dienone is 4. The van der Waals surface area contributed by atoms with Crippen LogP contribution in [-0.2, 0) is 0 Å². The van der Waals surface area contributed by atoms with E-state index in [1.807, 2.05) is 23.5 Å². The molecule has 0 fully saturated rings. The van der Waals surface area contributed by atoms with Crippen molar-refractivity contribution in [1.29, 1.82) is 0 Å². The van der Waals surface area contributed by atoms with Gasteiger partial charge < -0.3 is 0 Å². The molecule has 0 radical (unpaired) electrons. The number of hydrogen-bond donors (Lipinski definition) is 0. The zero-order chi connectivity index (χ0) is 9.80. The van der Waals surface area contributed by atoms with Gasteiger partial charge in [0.1, 0.15) is 0 Å². The van der Waals surface area contributed by atoms with Crippen LogP contribution in [0.3, 0.4) is 0 Å². The van der Waals surface area contributed by atoms with Gasteiger partial charge in [-0.2, -0.15) is 0 Å². The van der Waals surface area contributed by atoms with Crippen LogP contribution in [0.15, 0.2) is 47.3 Å². The Balaban J connectivity index is 1.97. The first-order valence-electron chi connectivity index (χ1n) is 4.85. The van der Waals surface area contributed by atoms with E-state index in [0.29, 0.717) is 16.4 Å². The predicted molar refractivity (Wildman–Crippen MR) is 68.5 cm³/mol. The molecular weight excluding hydrogens is 208 g/mol. The molecule has 0 aromatic rings. The zero-order valence-corrected chi connectivity index (χ0v) is 9.80. The summed E-state index contributed by atoms with van der Waals surface area (Å²) < 4.78 is 0. The molecule has 2 heterocycles. The van der Waals surface area contributed by atoms with E-state index in [1.165, 1.54) is 0 Å². The first kappa shape index (κ1) is 10.2. The second-order valence-corrected chi connectivity index (χ2v) is 5.66.